The van der Waals surface area contributed by atoms with Crippen LogP contribution in [0.3, 0.4) is 0 Å². The Kier molecular flexibility index (Phi) is 9.74. The SMILES string of the molecule is CCOc1cc2ncc(C#N)c(Nc3ccc(OCc4cccc(C)n4)c(Cl)c3)c2cc1NC(=O)/C=C/CN(C)C. The number of pyridine rings is 2. The standard InChI is InChI=1S/C31H31ClN6O3/c1-5-40-29-16-26-24(15-27(29)37-30(39)10-7-13-38(3)4)31(21(17-33)18-34-26)36-22-11-12-28(25(32)14-22)41-19-23-9-6-8-20(2)35-23/h6-12,14-16,18H,5,13,19H2,1-4H3,(H,34,36)(H,37,39)/b10-7+. The lowest BCUT2D eigenvalue weighted by molar-refractivity contribution is -0.111. The maximum Gasteiger partial charge on any atom is 0.248 e. The van der Waals surface area contributed by atoms with Crippen LogP contribution in [-0.2, 0) is 11.4 Å². The van der Waals surface area contributed by atoms with Crippen LogP contribution < -0.4 is 20.1 Å². The smallest absolute Gasteiger partial charge is 0.248 e. The fourth-order valence-electron chi connectivity index (χ4n) is 4.03. The molecule has 2 heterocycles. The number of hydrogen-bond acceptors (Lipinski definition) is 8. The molecule has 4 rings (SSSR count). The molecule has 0 fully saturated rings. The average molecular weight is 571 g/mol. The summed E-state index contributed by atoms with van der Waals surface area (Å²) in [5.74, 6) is 0.689. The van der Waals surface area contributed by atoms with E-state index in [1.54, 1.807) is 30.3 Å². The number of likely N-dealkylation sites (N-methyl/N-ethyl adjacent to an activating group) is 1. The molecule has 1 amide bonds. The average Bonchev–Trinajstić information content (AvgIpc) is 2.93. The van der Waals surface area contributed by atoms with Crippen molar-refractivity contribution >= 4 is 45.5 Å². The van der Waals surface area contributed by atoms with Crippen molar-refractivity contribution in [1.29, 1.82) is 5.26 Å². The molecule has 0 aliphatic rings. The van der Waals surface area contributed by atoms with Gasteiger partial charge in [-0.1, -0.05) is 23.7 Å². The van der Waals surface area contributed by atoms with Gasteiger partial charge in [0.05, 0.1) is 39.8 Å². The van der Waals surface area contributed by atoms with Crippen molar-refractivity contribution in [2.24, 2.45) is 0 Å². The largest absolute Gasteiger partial charge is 0.492 e. The van der Waals surface area contributed by atoms with Gasteiger partial charge in [0.15, 0.2) is 0 Å². The molecule has 2 N–H and O–H groups in total. The second-order valence-electron chi connectivity index (χ2n) is 9.44. The molecule has 4 aromatic rings. The van der Waals surface area contributed by atoms with Gasteiger partial charge in [-0.3, -0.25) is 14.8 Å². The van der Waals surface area contributed by atoms with Crippen molar-refractivity contribution in [1.82, 2.24) is 14.9 Å². The number of rotatable bonds is 11. The lowest BCUT2D eigenvalue weighted by Crippen LogP contribution is -2.13. The van der Waals surface area contributed by atoms with Crippen LogP contribution in [0.1, 0.15) is 23.9 Å². The zero-order valence-corrected chi connectivity index (χ0v) is 24.1. The fourth-order valence-corrected chi connectivity index (χ4v) is 4.26. The molecule has 41 heavy (non-hydrogen) atoms. The van der Waals surface area contributed by atoms with Crippen LogP contribution >= 0.6 is 11.6 Å². The Morgan fingerprint density at radius 2 is 1.98 bits per heavy atom. The minimum Gasteiger partial charge on any atom is -0.492 e. The molecule has 0 aliphatic heterocycles. The topological polar surface area (TPSA) is 112 Å². The maximum absolute atomic E-state index is 12.6. The first-order valence-corrected chi connectivity index (χ1v) is 13.4. The normalized spacial score (nSPS) is 11.0. The fraction of sp³-hybridized carbons (Fsp3) is 0.226. The van der Waals surface area contributed by atoms with Gasteiger partial charge in [-0.05, 0) is 64.3 Å². The molecular weight excluding hydrogens is 540 g/mol. The lowest BCUT2D eigenvalue weighted by Gasteiger charge is -2.16. The highest BCUT2D eigenvalue weighted by Gasteiger charge is 2.16. The summed E-state index contributed by atoms with van der Waals surface area (Å²) in [6.07, 6.45) is 4.74. The molecular formula is C31H31ClN6O3. The summed E-state index contributed by atoms with van der Waals surface area (Å²) in [5, 5.41) is 17.1. The zero-order valence-electron chi connectivity index (χ0n) is 23.4. The molecule has 0 saturated heterocycles. The predicted molar refractivity (Wildman–Crippen MR) is 162 cm³/mol. The van der Waals surface area contributed by atoms with E-state index in [1.165, 1.54) is 12.3 Å². The summed E-state index contributed by atoms with van der Waals surface area (Å²) in [4.78, 5) is 23.5. The molecule has 2 aromatic carbocycles. The summed E-state index contributed by atoms with van der Waals surface area (Å²) in [5.41, 5.74) is 4.25. The van der Waals surface area contributed by atoms with Crippen LogP contribution in [0.4, 0.5) is 17.1 Å². The van der Waals surface area contributed by atoms with E-state index in [0.29, 0.717) is 63.2 Å². The lowest BCUT2D eigenvalue weighted by atomic mass is 10.1. The number of benzene rings is 2. The Labute approximate surface area is 244 Å². The zero-order chi connectivity index (χ0) is 29.4. The molecule has 0 atom stereocenters. The van der Waals surface area contributed by atoms with E-state index < -0.39 is 0 Å². The molecule has 0 saturated carbocycles. The van der Waals surface area contributed by atoms with E-state index in [2.05, 4.69) is 26.7 Å². The van der Waals surface area contributed by atoms with E-state index in [-0.39, 0.29) is 12.5 Å². The number of fused-ring (bicyclic) bond motifs is 1. The third kappa shape index (κ3) is 7.72. The van der Waals surface area contributed by atoms with E-state index >= 15 is 0 Å². The summed E-state index contributed by atoms with van der Waals surface area (Å²) >= 11 is 6.55. The number of nitrogens with one attached hydrogen (secondary N) is 2. The Hall–Kier alpha value is -4.65. The van der Waals surface area contributed by atoms with Gasteiger partial charge < -0.3 is 25.0 Å². The number of amides is 1. The molecule has 0 bridgehead atoms. The third-order valence-corrected chi connectivity index (χ3v) is 6.21. The Morgan fingerprint density at radius 3 is 2.68 bits per heavy atom. The number of carbonyl (C=O) groups excluding carboxylic acids is 1. The van der Waals surface area contributed by atoms with Crippen molar-refractivity contribution in [3.8, 4) is 17.6 Å². The van der Waals surface area contributed by atoms with E-state index in [1.807, 2.05) is 57.1 Å². The minimum absolute atomic E-state index is 0.280. The van der Waals surface area contributed by atoms with Crippen LogP contribution in [0.25, 0.3) is 10.9 Å². The molecule has 0 spiro atoms. The number of aromatic nitrogens is 2. The Bertz CT molecular complexity index is 1630. The molecule has 0 unspecified atom stereocenters. The first kappa shape index (κ1) is 29.3. The molecule has 210 valence electrons. The van der Waals surface area contributed by atoms with Crippen molar-refractivity contribution in [2.45, 2.75) is 20.5 Å². The molecule has 0 radical (unpaired) electrons. The highest BCUT2D eigenvalue weighted by Crippen LogP contribution is 2.37. The number of carbonyl (C=O) groups is 1. The van der Waals surface area contributed by atoms with Gasteiger partial charge >= 0.3 is 0 Å². The predicted octanol–water partition coefficient (Wildman–Crippen LogP) is 6.24. The van der Waals surface area contributed by atoms with E-state index in [4.69, 9.17) is 21.1 Å². The summed E-state index contributed by atoms with van der Waals surface area (Å²) < 4.78 is 11.7. The van der Waals surface area contributed by atoms with Gasteiger partial charge in [-0.2, -0.15) is 5.26 Å². The van der Waals surface area contributed by atoms with Crippen LogP contribution in [0, 0.1) is 18.3 Å². The summed E-state index contributed by atoms with van der Waals surface area (Å²) in [6, 6.07) is 16.7. The van der Waals surface area contributed by atoms with Gasteiger partial charge in [0.2, 0.25) is 5.91 Å². The van der Waals surface area contributed by atoms with Gasteiger partial charge in [-0.25, -0.2) is 0 Å². The second kappa shape index (κ2) is 13.6. The molecule has 0 aliphatic carbocycles. The number of hydrogen-bond donors (Lipinski definition) is 2. The summed E-state index contributed by atoms with van der Waals surface area (Å²) in [7, 11) is 3.84. The molecule has 2 aromatic heterocycles. The second-order valence-corrected chi connectivity index (χ2v) is 9.85. The van der Waals surface area contributed by atoms with Crippen LogP contribution in [-0.4, -0.2) is 48.0 Å². The summed E-state index contributed by atoms with van der Waals surface area (Å²) in [6.45, 7) is 5.10. The number of aryl methyl sites for hydroxylation is 1. The Balaban J connectivity index is 1.64. The van der Waals surface area contributed by atoms with Crippen LogP contribution in [0.2, 0.25) is 5.02 Å². The van der Waals surface area contributed by atoms with E-state index in [9.17, 15) is 10.1 Å². The molecule has 9 nitrogen and oxygen atoms in total. The highest BCUT2D eigenvalue weighted by atomic mass is 35.5. The van der Waals surface area contributed by atoms with Gasteiger partial charge in [0.25, 0.3) is 0 Å². The highest BCUT2D eigenvalue weighted by molar-refractivity contribution is 6.32. The van der Waals surface area contributed by atoms with Crippen molar-refractivity contribution in [3.05, 3.63) is 88.9 Å². The van der Waals surface area contributed by atoms with Gasteiger partial charge in [0, 0.05) is 41.7 Å². The number of nitrogens with zero attached hydrogens (tertiary/aromatic N) is 4. The monoisotopic (exact) mass is 570 g/mol. The van der Waals surface area contributed by atoms with Gasteiger partial charge in [0.1, 0.15) is 24.2 Å². The Morgan fingerprint density at radius 1 is 1.15 bits per heavy atom. The number of ether oxygens (including phenoxy) is 2. The maximum atomic E-state index is 12.6. The minimum atomic E-state index is -0.297. The first-order chi connectivity index (χ1) is 19.8. The number of anilines is 3. The third-order valence-electron chi connectivity index (χ3n) is 5.91. The van der Waals surface area contributed by atoms with Crippen LogP contribution in [0.5, 0.6) is 11.5 Å². The van der Waals surface area contributed by atoms with Crippen LogP contribution in [0.15, 0.2) is 66.9 Å². The van der Waals surface area contributed by atoms with E-state index in [0.717, 1.165) is 11.4 Å². The van der Waals surface area contributed by atoms with Crippen molar-refractivity contribution in [3.63, 3.8) is 0 Å². The number of halogens is 1. The van der Waals surface area contributed by atoms with Crippen molar-refractivity contribution in [2.75, 3.05) is 37.9 Å². The molecule has 10 heteroatoms. The number of nitriles is 1. The quantitative estimate of drug-likeness (QED) is 0.204. The first-order valence-electron chi connectivity index (χ1n) is 13.0. The van der Waals surface area contributed by atoms with Gasteiger partial charge in [-0.15, -0.1) is 0 Å². The van der Waals surface area contributed by atoms with Crippen molar-refractivity contribution < 1.29 is 14.3 Å².